The number of nitrogens with two attached hydrogens (primary N) is 1. The number of nitrogens with zero attached hydrogens (tertiary/aromatic N) is 1. The average molecular weight is 296 g/mol. The number of amides is 1. The van der Waals surface area contributed by atoms with Gasteiger partial charge < -0.3 is 15.9 Å². The molecule has 21 heavy (non-hydrogen) atoms. The van der Waals surface area contributed by atoms with E-state index in [1.54, 1.807) is 12.1 Å². The molecular formula is C14H20N2O5. The van der Waals surface area contributed by atoms with E-state index < -0.39 is 17.8 Å². The van der Waals surface area contributed by atoms with Crippen LogP contribution in [0, 0.1) is 0 Å². The molecule has 4 N–H and O–H groups in total. The zero-order valence-corrected chi connectivity index (χ0v) is 11.7. The van der Waals surface area contributed by atoms with Gasteiger partial charge in [0.2, 0.25) is 5.91 Å². The number of unbranched alkanes of at least 4 members (excludes halogenated alkanes) is 3. The molecule has 0 aromatic carbocycles. The highest BCUT2D eigenvalue weighted by atomic mass is 16.4. The van der Waals surface area contributed by atoms with Gasteiger partial charge in [0.15, 0.2) is 0 Å². The van der Waals surface area contributed by atoms with Gasteiger partial charge in [-0.1, -0.05) is 12.8 Å². The van der Waals surface area contributed by atoms with Gasteiger partial charge in [0.1, 0.15) is 0 Å². The number of aromatic nitrogens is 1. The lowest BCUT2D eigenvalue weighted by Crippen LogP contribution is -2.10. The molecule has 0 aliphatic rings. The third kappa shape index (κ3) is 12.3. The van der Waals surface area contributed by atoms with E-state index in [1.807, 2.05) is 0 Å². The second-order valence-corrected chi connectivity index (χ2v) is 4.30. The number of carbonyl (C=O) groups is 3. The molecule has 0 bridgehead atoms. The fourth-order valence-corrected chi connectivity index (χ4v) is 1.42. The molecule has 0 atom stereocenters. The van der Waals surface area contributed by atoms with Gasteiger partial charge in [0, 0.05) is 30.8 Å². The van der Waals surface area contributed by atoms with E-state index >= 15 is 0 Å². The van der Waals surface area contributed by atoms with E-state index in [4.69, 9.17) is 15.9 Å². The Hall–Kier alpha value is -2.44. The SMILES string of the molecule is NC(=O)c1ccncc1.O=C(O)CCCCCCC(=O)O. The molecule has 1 amide bonds. The van der Waals surface area contributed by atoms with Gasteiger partial charge in [-0.15, -0.1) is 0 Å². The van der Waals surface area contributed by atoms with Crippen molar-refractivity contribution in [2.75, 3.05) is 0 Å². The van der Waals surface area contributed by atoms with E-state index in [0.717, 1.165) is 12.8 Å². The smallest absolute Gasteiger partial charge is 0.303 e. The summed E-state index contributed by atoms with van der Waals surface area (Å²) in [5, 5.41) is 16.5. The van der Waals surface area contributed by atoms with Crippen molar-refractivity contribution in [1.82, 2.24) is 4.98 Å². The molecule has 0 spiro atoms. The van der Waals surface area contributed by atoms with Crippen molar-refractivity contribution in [3.05, 3.63) is 30.1 Å². The molecule has 1 heterocycles. The molecule has 0 saturated heterocycles. The molecule has 1 aromatic heterocycles. The summed E-state index contributed by atoms with van der Waals surface area (Å²) >= 11 is 0. The first-order valence-electron chi connectivity index (χ1n) is 6.57. The minimum absolute atomic E-state index is 0.188. The van der Waals surface area contributed by atoms with Crippen molar-refractivity contribution in [1.29, 1.82) is 0 Å². The van der Waals surface area contributed by atoms with Crippen LogP contribution in [-0.2, 0) is 9.59 Å². The molecule has 0 aliphatic carbocycles. The quantitative estimate of drug-likeness (QED) is 0.625. The molecule has 0 saturated carbocycles. The minimum atomic E-state index is -0.784. The van der Waals surface area contributed by atoms with E-state index in [9.17, 15) is 14.4 Å². The highest BCUT2D eigenvalue weighted by Gasteiger charge is 1.98. The van der Waals surface area contributed by atoms with Crippen molar-refractivity contribution >= 4 is 17.8 Å². The number of primary amides is 1. The standard InChI is InChI=1S/C8H14O4.C6H6N2O/c9-7(10)5-3-1-2-4-6-8(11)12;7-6(9)5-1-3-8-4-2-5/h1-6H2,(H,9,10)(H,11,12);1-4H,(H2,7,9). The predicted molar refractivity (Wildman–Crippen MR) is 75.7 cm³/mol. The molecule has 116 valence electrons. The normalized spacial score (nSPS) is 9.33. The first-order valence-corrected chi connectivity index (χ1v) is 6.57. The summed E-state index contributed by atoms with van der Waals surface area (Å²) in [5.41, 5.74) is 5.44. The lowest BCUT2D eigenvalue weighted by atomic mass is 10.1. The number of hydrogen-bond donors (Lipinski definition) is 3. The summed E-state index contributed by atoms with van der Waals surface area (Å²) in [6, 6.07) is 3.14. The van der Waals surface area contributed by atoms with Crippen LogP contribution in [-0.4, -0.2) is 33.0 Å². The van der Waals surface area contributed by atoms with Gasteiger partial charge >= 0.3 is 11.9 Å². The molecule has 1 aromatic rings. The van der Waals surface area contributed by atoms with Gasteiger partial charge in [-0.3, -0.25) is 19.4 Å². The Balaban J connectivity index is 0.000000394. The summed E-state index contributed by atoms with van der Waals surface area (Å²) in [6.45, 7) is 0. The van der Waals surface area contributed by atoms with Crippen LogP contribution in [0.2, 0.25) is 0 Å². The summed E-state index contributed by atoms with van der Waals surface area (Å²) in [6.07, 6.45) is 6.34. The van der Waals surface area contributed by atoms with Gasteiger partial charge in [0.25, 0.3) is 0 Å². The number of carbonyl (C=O) groups excluding carboxylic acids is 1. The number of aliphatic carboxylic acids is 2. The third-order valence-corrected chi connectivity index (χ3v) is 2.50. The summed E-state index contributed by atoms with van der Waals surface area (Å²) in [7, 11) is 0. The Labute approximate surface area is 122 Å². The number of carboxylic acids is 2. The molecule has 0 radical (unpaired) electrons. The Bertz CT molecular complexity index is 430. The zero-order chi connectivity index (χ0) is 16.1. The lowest BCUT2D eigenvalue weighted by Gasteiger charge is -1.96. The maximum atomic E-state index is 10.4. The van der Waals surface area contributed by atoms with Gasteiger partial charge in [-0.2, -0.15) is 0 Å². The molecule has 0 unspecified atom stereocenters. The summed E-state index contributed by atoms with van der Waals surface area (Å²) in [5.74, 6) is -1.99. The topological polar surface area (TPSA) is 131 Å². The largest absolute Gasteiger partial charge is 0.481 e. The van der Waals surface area contributed by atoms with E-state index in [1.165, 1.54) is 12.4 Å². The third-order valence-electron chi connectivity index (χ3n) is 2.50. The summed E-state index contributed by atoms with van der Waals surface area (Å²) < 4.78 is 0. The average Bonchev–Trinajstić information content (AvgIpc) is 2.44. The van der Waals surface area contributed by atoms with Crippen LogP contribution in [0.4, 0.5) is 0 Å². The van der Waals surface area contributed by atoms with Crippen LogP contribution in [0.3, 0.4) is 0 Å². The van der Waals surface area contributed by atoms with Crippen molar-refractivity contribution in [3.8, 4) is 0 Å². The Morgan fingerprint density at radius 2 is 1.33 bits per heavy atom. The maximum absolute atomic E-state index is 10.4. The minimum Gasteiger partial charge on any atom is -0.481 e. The van der Waals surface area contributed by atoms with Gasteiger partial charge in [-0.05, 0) is 25.0 Å². The Kier molecular flexibility index (Phi) is 10.1. The van der Waals surface area contributed by atoms with Crippen LogP contribution in [0.25, 0.3) is 0 Å². The van der Waals surface area contributed by atoms with Crippen LogP contribution < -0.4 is 5.73 Å². The van der Waals surface area contributed by atoms with E-state index in [2.05, 4.69) is 4.98 Å². The van der Waals surface area contributed by atoms with Crippen molar-refractivity contribution in [2.45, 2.75) is 38.5 Å². The van der Waals surface area contributed by atoms with Crippen molar-refractivity contribution in [3.63, 3.8) is 0 Å². The molecular weight excluding hydrogens is 276 g/mol. The van der Waals surface area contributed by atoms with Crippen LogP contribution >= 0.6 is 0 Å². The predicted octanol–water partition coefficient (Wildman–Crippen LogP) is 1.68. The zero-order valence-electron chi connectivity index (χ0n) is 11.7. The highest BCUT2D eigenvalue weighted by molar-refractivity contribution is 5.92. The van der Waals surface area contributed by atoms with Crippen LogP contribution in [0.5, 0.6) is 0 Å². The van der Waals surface area contributed by atoms with Crippen molar-refractivity contribution < 1.29 is 24.6 Å². The maximum Gasteiger partial charge on any atom is 0.303 e. The van der Waals surface area contributed by atoms with Crippen LogP contribution in [0.15, 0.2) is 24.5 Å². The first kappa shape index (κ1) is 18.6. The second-order valence-electron chi connectivity index (χ2n) is 4.30. The molecule has 1 rings (SSSR count). The number of hydrogen-bond acceptors (Lipinski definition) is 4. The first-order chi connectivity index (χ1) is 9.93. The molecule has 7 nitrogen and oxygen atoms in total. The monoisotopic (exact) mass is 296 g/mol. The number of carboxylic acid groups (broad SMARTS) is 2. The fourth-order valence-electron chi connectivity index (χ4n) is 1.42. The second kappa shape index (κ2) is 11.4. The summed E-state index contributed by atoms with van der Waals surface area (Å²) in [4.78, 5) is 34.2. The molecule has 7 heteroatoms. The molecule has 0 aliphatic heterocycles. The Morgan fingerprint density at radius 3 is 1.62 bits per heavy atom. The number of rotatable bonds is 8. The van der Waals surface area contributed by atoms with Gasteiger partial charge in [0.05, 0.1) is 0 Å². The van der Waals surface area contributed by atoms with E-state index in [-0.39, 0.29) is 12.8 Å². The van der Waals surface area contributed by atoms with Gasteiger partial charge in [-0.25, -0.2) is 0 Å². The van der Waals surface area contributed by atoms with Crippen LogP contribution in [0.1, 0.15) is 48.9 Å². The number of pyridine rings is 1. The molecule has 0 fully saturated rings. The fraction of sp³-hybridized carbons (Fsp3) is 0.429. The van der Waals surface area contributed by atoms with Crippen molar-refractivity contribution in [2.24, 2.45) is 5.73 Å². The van der Waals surface area contributed by atoms with E-state index in [0.29, 0.717) is 18.4 Å². The lowest BCUT2D eigenvalue weighted by molar-refractivity contribution is -0.138. The Morgan fingerprint density at radius 1 is 0.905 bits per heavy atom. The highest BCUT2D eigenvalue weighted by Crippen LogP contribution is 2.04.